The molecule has 1 unspecified atom stereocenters. The Hall–Kier alpha value is -2.81. The van der Waals surface area contributed by atoms with E-state index in [-0.39, 0.29) is 35.0 Å². The van der Waals surface area contributed by atoms with Crippen LogP contribution in [0.1, 0.15) is 44.6 Å². The number of nitrogens with one attached hydrogen (secondary N) is 2. The van der Waals surface area contributed by atoms with Crippen molar-refractivity contribution in [1.29, 1.82) is 0 Å². The van der Waals surface area contributed by atoms with Crippen molar-refractivity contribution in [2.45, 2.75) is 45.0 Å². The van der Waals surface area contributed by atoms with Crippen LogP contribution in [0.15, 0.2) is 47.3 Å². The molecule has 1 aromatic heterocycles. The zero-order valence-corrected chi connectivity index (χ0v) is 19.3. The molecule has 0 spiro atoms. The van der Waals surface area contributed by atoms with E-state index in [1.165, 1.54) is 12.1 Å². The zero-order valence-electron chi connectivity index (χ0n) is 18.5. The summed E-state index contributed by atoms with van der Waals surface area (Å²) in [5, 5.41) is 9.81. The third-order valence-electron chi connectivity index (χ3n) is 5.80. The second-order valence-corrected chi connectivity index (χ2v) is 9.59. The number of nitrogens with zero attached hydrogens (tertiary/aromatic N) is 3. The molecular weight excluding hydrogens is 429 g/mol. The summed E-state index contributed by atoms with van der Waals surface area (Å²) in [6, 6.07) is 6.20. The number of benzene rings is 1. The minimum Gasteiger partial charge on any atom is -0.349 e. The number of rotatable bonds is 5. The normalized spacial score (nSPS) is 19.7. The van der Waals surface area contributed by atoms with Gasteiger partial charge in [0.25, 0.3) is 5.91 Å². The number of anilines is 1. The van der Waals surface area contributed by atoms with Gasteiger partial charge in [0.05, 0.1) is 6.20 Å². The highest BCUT2D eigenvalue weighted by molar-refractivity contribution is 8.03. The van der Waals surface area contributed by atoms with E-state index >= 15 is 0 Å². The zero-order chi connectivity index (χ0) is 22.8. The van der Waals surface area contributed by atoms with Crippen molar-refractivity contribution in [2.24, 2.45) is 5.92 Å². The molecule has 0 saturated carbocycles. The van der Waals surface area contributed by atoms with E-state index < -0.39 is 0 Å². The number of carbonyl (C=O) groups excluding carboxylic acids is 2. The van der Waals surface area contributed by atoms with Crippen LogP contribution in [0.25, 0.3) is 0 Å². The van der Waals surface area contributed by atoms with Crippen LogP contribution >= 0.6 is 11.8 Å². The summed E-state index contributed by atoms with van der Waals surface area (Å²) in [6.45, 7) is 6.81. The molecule has 170 valence electrons. The Kier molecular flexibility index (Phi) is 6.55. The molecule has 2 aliphatic rings. The molecule has 32 heavy (non-hydrogen) atoms. The number of piperidine rings is 1. The minimum absolute atomic E-state index is 0.0242. The van der Waals surface area contributed by atoms with Gasteiger partial charge in [0, 0.05) is 48.4 Å². The average Bonchev–Trinajstić information content (AvgIpc) is 3.42. The van der Waals surface area contributed by atoms with Gasteiger partial charge in [0.2, 0.25) is 5.91 Å². The maximum Gasteiger partial charge on any atom is 0.269 e. The van der Waals surface area contributed by atoms with E-state index in [9.17, 15) is 14.0 Å². The van der Waals surface area contributed by atoms with Gasteiger partial charge in [0.1, 0.15) is 16.9 Å². The molecule has 4 rings (SSSR count). The summed E-state index contributed by atoms with van der Waals surface area (Å²) in [6.07, 6.45) is 5.19. The van der Waals surface area contributed by atoms with Gasteiger partial charge >= 0.3 is 0 Å². The first-order valence-electron chi connectivity index (χ1n) is 10.9. The number of carbonyl (C=O) groups is 2. The first-order valence-corrected chi connectivity index (χ1v) is 11.7. The van der Waals surface area contributed by atoms with Crippen molar-refractivity contribution < 1.29 is 14.0 Å². The summed E-state index contributed by atoms with van der Waals surface area (Å²) in [4.78, 5) is 30.1. The van der Waals surface area contributed by atoms with Gasteiger partial charge in [-0.15, -0.1) is 0 Å². The molecule has 9 heteroatoms. The van der Waals surface area contributed by atoms with Crippen molar-refractivity contribution >= 4 is 29.3 Å². The lowest BCUT2D eigenvalue weighted by Gasteiger charge is -2.32. The van der Waals surface area contributed by atoms with Gasteiger partial charge in [-0.25, -0.2) is 4.39 Å². The largest absolute Gasteiger partial charge is 0.349 e. The second-order valence-electron chi connectivity index (χ2n) is 8.47. The van der Waals surface area contributed by atoms with Crippen molar-refractivity contribution in [2.75, 3.05) is 18.0 Å². The maximum absolute atomic E-state index is 13.7. The maximum atomic E-state index is 13.7. The van der Waals surface area contributed by atoms with E-state index in [4.69, 9.17) is 0 Å². The number of aromatic nitrogens is 2. The summed E-state index contributed by atoms with van der Waals surface area (Å²) >= 11 is 1.64. The smallest absolute Gasteiger partial charge is 0.269 e. The summed E-state index contributed by atoms with van der Waals surface area (Å²) in [5.74, 6) is -0.219. The van der Waals surface area contributed by atoms with E-state index in [0.717, 1.165) is 29.0 Å². The van der Waals surface area contributed by atoms with Crippen molar-refractivity contribution in [3.05, 3.63) is 58.6 Å². The Morgan fingerprint density at radius 2 is 1.91 bits per heavy atom. The fourth-order valence-electron chi connectivity index (χ4n) is 4.24. The molecule has 7 nitrogen and oxygen atoms in total. The second kappa shape index (κ2) is 9.36. The van der Waals surface area contributed by atoms with Crippen LogP contribution in [0.5, 0.6) is 0 Å². The number of H-pyrrole nitrogens is 1. The number of allylic oxidation sites excluding steroid dienone is 1. The van der Waals surface area contributed by atoms with Gasteiger partial charge in [-0.3, -0.25) is 14.7 Å². The molecule has 1 aromatic carbocycles. The lowest BCUT2D eigenvalue weighted by atomic mass is 9.94. The predicted octanol–water partition coefficient (Wildman–Crippen LogP) is 3.80. The van der Waals surface area contributed by atoms with Crippen LogP contribution in [0.4, 0.5) is 10.1 Å². The van der Waals surface area contributed by atoms with Crippen molar-refractivity contribution in [3.8, 4) is 0 Å². The monoisotopic (exact) mass is 457 g/mol. The molecule has 0 aliphatic carbocycles. The van der Waals surface area contributed by atoms with Crippen molar-refractivity contribution in [3.63, 3.8) is 0 Å². The molecule has 1 saturated heterocycles. The number of aromatic amines is 1. The Morgan fingerprint density at radius 1 is 1.22 bits per heavy atom. The first-order chi connectivity index (χ1) is 15.3. The highest BCUT2D eigenvalue weighted by atomic mass is 32.2. The van der Waals surface area contributed by atoms with Gasteiger partial charge in [-0.1, -0.05) is 11.8 Å². The molecule has 2 N–H and O–H groups in total. The third kappa shape index (κ3) is 4.53. The lowest BCUT2D eigenvalue weighted by Crippen LogP contribution is -2.39. The Balaban J connectivity index is 1.77. The van der Waals surface area contributed by atoms with E-state index in [1.54, 1.807) is 37.0 Å². The molecular formula is C23H28FN5O2S. The Bertz CT molecular complexity index is 998. The van der Waals surface area contributed by atoms with Crippen LogP contribution < -0.4 is 10.2 Å². The Labute approximate surface area is 191 Å². The third-order valence-corrected chi connectivity index (χ3v) is 7.29. The van der Waals surface area contributed by atoms with Crippen LogP contribution in [-0.2, 0) is 9.59 Å². The quantitative estimate of drug-likeness (QED) is 0.714. The van der Waals surface area contributed by atoms with E-state index in [2.05, 4.69) is 15.5 Å². The minimum atomic E-state index is -0.325. The first kappa shape index (κ1) is 22.4. The molecule has 2 aliphatic heterocycles. The topological polar surface area (TPSA) is 81.3 Å². The fraction of sp³-hybridized carbons (Fsp3) is 0.435. The van der Waals surface area contributed by atoms with Gasteiger partial charge in [-0.2, -0.15) is 5.10 Å². The average molecular weight is 458 g/mol. The number of halogens is 1. The van der Waals surface area contributed by atoms with Crippen LogP contribution in [0.3, 0.4) is 0 Å². The van der Waals surface area contributed by atoms with Crippen LogP contribution in [0, 0.1) is 11.7 Å². The summed E-state index contributed by atoms with van der Waals surface area (Å²) < 4.78 is 13.7. The van der Waals surface area contributed by atoms with E-state index in [0.29, 0.717) is 18.8 Å². The van der Waals surface area contributed by atoms with Crippen LogP contribution in [0.2, 0.25) is 0 Å². The van der Waals surface area contributed by atoms with Gasteiger partial charge < -0.3 is 15.1 Å². The van der Waals surface area contributed by atoms with Gasteiger partial charge in [-0.05, 0) is 56.9 Å². The molecule has 1 atom stereocenters. The predicted molar refractivity (Wildman–Crippen MR) is 123 cm³/mol. The fourth-order valence-corrected chi connectivity index (χ4v) is 5.81. The number of likely N-dealkylation sites (tertiary alicyclic amines) is 1. The highest BCUT2D eigenvalue weighted by Crippen LogP contribution is 2.53. The number of hydrogen-bond acceptors (Lipinski definition) is 5. The molecule has 1 fully saturated rings. The van der Waals surface area contributed by atoms with E-state index in [1.807, 2.05) is 29.8 Å². The standard InChI is InChI=1S/C23H28FN5O2S/c1-14(2)27-22(31)20-21(16-8-10-28(11-9-16)15(3)30)32-23(17-12-25-26-13-17)29(20)19-6-4-18(24)5-7-19/h4-7,12-14,16,23H,8-11H2,1-3H3,(H,25,26)(H,27,31). The van der Waals surface area contributed by atoms with Gasteiger partial charge in [0.15, 0.2) is 0 Å². The summed E-state index contributed by atoms with van der Waals surface area (Å²) in [5.41, 5.74) is 2.28. The SMILES string of the molecule is CC(=O)N1CCC(C2=C(C(=O)NC(C)C)N(c3ccc(F)cc3)C(c3cn[nH]c3)S2)CC1. The number of amides is 2. The number of thioether (sulfide) groups is 1. The molecule has 0 radical (unpaired) electrons. The van der Waals surface area contributed by atoms with Crippen LogP contribution in [-0.4, -0.2) is 46.0 Å². The molecule has 3 heterocycles. The lowest BCUT2D eigenvalue weighted by molar-refractivity contribution is -0.130. The molecule has 2 amide bonds. The summed E-state index contributed by atoms with van der Waals surface area (Å²) in [7, 11) is 0. The molecule has 2 aromatic rings. The van der Waals surface area contributed by atoms with Crippen molar-refractivity contribution in [1.82, 2.24) is 20.4 Å². The highest BCUT2D eigenvalue weighted by Gasteiger charge is 2.42. The molecule has 0 bridgehead atoms. The Morgan fingerprint density at radius 3 is 2.47 bits per heavy atom. The number of hydrogen-bond donors (Lipinski definition) is 2.